The van der Waals surface area contributed by atoms with Gasteiger partial charge in [0, 0.05) is 0 Å². The van der Waals surface area contributed by atoms with E-state index in [1.807, 2.05) is 6.92 Å². The highest BCUT2D eigenvalue weighted by atomic mass is 35.5. The van der Waals surface area contributed by atoms with Gasteiger partial charge in [-0.2, -0.15) is 0 Å². The highest BCUT2D eigenvalue weighted by Gasteiger charge is 2.39. The molecule has 2 unspecified atom stereocenters. The summed E-state index contributed by atoms with van der Waals surface area (Å²) in [5, 5.41) is -0.382. The van der Waals surface area contributed by atoms with E-state index in [9.17, 15) is 4.79 Å². The summed E-state index contributed by atoms with van der Waals surface area (Å²) >= 11 is 5.01. The second kappa shape index (κ2) is 1.46. The van der Waals surface area contributed by atoms with Crippen LogP contribution in [0.25, 0.3) is 0 Å². The van der Waals surface area contributed by atoms with Crippen LogP contribution in [0.15, 0.2) is 0 Å². The number of epoxide rings is 1. The molecule has 1 saturated heterocycles. The molecule has 2 nitrogen and oxygen atoms in total. The van der Waals surface area contributed by atoms with Crippen molar-refractivity contribution in [3.63, 3.8) is 0 Å². The van der Waals surface area contributed by atoms with Crippen LogP contribution in [0.1, 0.15) is 6.92 Å². The molecule has 0 aliphatic carbocycles. The summed E-state index contributed by atoms with van der Waals surface area (Å²) in [5.74, 6) is 0. The summed E-state index contributed by atoms with van der Waals surface area (Å²) in [6.07, 6.45) is -0.244. The Morgan fingerprint density at radius 2 is 2.29 bits per heavy atom. The highest BCUT2D eigenvalue weighted by molar-refractivity contribution is 6.65. The molecule has 0 aromatic carbocycles. The van der Waals surface area contributed by atoms with Crippen molar-refractivity contribution in [2.45, 2.75) is 19.1 Å². The molecule has 0 amide bonds. The number of carbonyl (C=O) groups excluding carboxylic acids is 1. The van der Waals surface area contributed by atoms with Gasteiger partial charge in [0.25, 0.3) is 5.24 Å². The summed E-state index contributed by atoms with van der Waals surface area (Å²) in [5.41, 5.74) is 0. The molecule has 0 radical (unpaired) electrons. The normalized spacial score (nSPS) is 38.0. The summed E-state index contributed by atoms with van der Waals surface area (Å²) in [6.45, 7) is 1.81. The molecule has 0 bridgehead atoms. The van der Waals surface area contributed by atoms with E-state index in [1.165, 1.54) is 0 Å². The third-order valence-electron chi connectivity index (χ3n) is 0.935. The predicted octanol–water partition coefficient (Wildman–Crippen LogP) is 0.539. The molecule has 0 N–H and O–H groups in total. The van der Waals surface area contributed by atoms with E-state index in [0.29, 0.717) is 0 Å². The first-order valence-corrected chi connectivity index (χ1v) is 2.44. The van der Waals surface area contributed by atoms with Gasteiger partial charge in [0.05, 0.1) is 6.10 Å². The van der Waals surface area contributed by atoms with E-state index in [2.05, 4.69) is 0 Å². The Morgan fingerprint density at radius 3 is 2.29 bits per heavy atom. The Kier molecular flexibility index (Phi) is 1.05. The number of hydrogen-bond donors (Lipinski definition) is 0. The van der Waals surface area contributed by atoms with Gasteiger partial charge in [-0.1, -0.05) is 0 Å². The fourth-order valence-electron chi connectivity index (χ4n) is 0.424. The predicted molar refractivity (Wildman–Crippen MR) is 25.2 cm³/mol. The SMILES string of the molecule is CC1OC1C(=O)Cl. The molecule has 1 fully saturated rings. The van der Waals surface area contributed by atoms with Crippen LogP contribution in [0.5, 0.6) is 0 Å². The first-order chi connectivity index (χ1) is 3.22. The number of halogens is 1. The van der Waals surface area contributed by atoms with E-state index in [1.54, 1.807) is 0 Å². The quantitative estimate of drug-likeness (QED) is 0.373. The van der Waals surface area contributed by atoms with E-state index in [0.717, 1.165) is 0 Å². The largest absolute Gasteiger partial charge is 0.360 e. The van der Waals surface area contributed by atoms with Crippen LogP contribution < -0.4 is 0 Å². The molecular formula is C4H5ClO2. The van der Waals surface area contributed by atoms with Gasteiger partial charge in [-0.05, 0) is 18.5 Å². The van der Waals surface area contributed by atoms with Crippen molar-refractivity contribution >= 4 is 16.8 Å². The standard InChI is InChI=1S/C4H5ClO2/c1-2-3(7-2)4(5)6/h2-3H,1H3. The third-order valence-corrected chi connectivity index (χ3v) is 1.15. The van der Waals surface area contributed by atoms with Gasteiger partial charge >= 0.3 is 0 Å². The van der Waals surface area contributed by atoms with Crippen molar-refractivity contribution in [3.8, 4) is 0 Å². The van der Waals surface area contributed by atoms with Gasteiger partial charge < -0.3 is 4.74 Å². The minimum absolute atomic E-state index is 0.0602. The number of rotatable bonds is 1. The van der Waals surface area contributed by atoms with E-state index in [4.69, 9.17) is 16.3 Å². The summed E-state index contributed by atoms with van der Waals surface area (Å²) in [6, 6.07) is 0. The lowest BCUT2D eigenvalue weighted by atomic mass is 10.4. The number of carbonyl (C=O) groups is 1. The van der Waals surface area contributed by atoms with Gasteiger partial charge in [-0.3, -0.25) is 4.79 Å². The van der Waals surface area contributed by atoms with Crippen molar-refractivity contribution in [2.24, 2.45) is 0 Å². The maximum Gasteiger partial charge on any atom is 0.253 e. The molecule has 1 rings (SSSR count). The molecule has 7 heavy (non-hydrogen) atoms. The first-order valence-electron chi connectivity index (χ1n) is 2.06. The number of hydrogen-bond acceptors (Lipinski definition) is 2. The fourth-order valence-corrected chi connectivity index (χ4v) is 0.653. The van der Waals surface area contributed by atoms with Crippen molar-refractivity contribution in [2.75, 3.05) is 0 Å². The van der Waals surface area contributed by atoms with Crippen LogP contribution in [0, 0.1) is 0 Å². The van der Waals surface area contributed by atoms with Crippen molar-refractivity contribution in [3.05, 3.63) is 0 Å². The van der Waals surface area contributed by atoms with Gasteiger partial charge in [-0.15, -0.1) is 0 Å². The Bertz CT molecular complexity index is 102. The molecule has 0 aromatic rings. The molecular weight excluding hydrogens is 115 g/mol. The molecule has 0 spiro atoms. The lowest BCUT2D eigenvalue weighted by Crippen LogP contribution is -1.97. The van der Waals surface area contributed by atoms with Crippen LogP contribution in [-0.4, -0.2) is 17.5 Å². The first kappa shape index (κ1) is 5.06. The lowest BCUT2D eigenvalue weighted by molar-refractivity contribution is -0.112. The Hall–Kier alpha value is -0.0800. The Balaban J connectivity index is 2.33. The van der Waals surface area contributed by atoms with Gasteiger partial charge in [0.2, 0.25) is 0 Å². The molecule has 0 saturated carbocycles. The van der Waals surface area contributed by atoms with E-state index >= 15 is 0 Å². The average molecular weight is 121 g/mol. The second-order valence-corrected chi connectivity index (χ2v) is 1.94. The fraction of sp³-hybridized carbons (Fsp3) is 0.750. The Labute approximate surface area is 46.4 Å². The van der Waals surface area contributed by atoms with Crippen LogP contribution >= 0.6 is 11.6 Å². The molecule has 1 aliphatic heterocycles. The Morgan fingerprint density at radius 1 is 1.86 bits per heavy atom. The van der Waals surface area contributed by atoms with E-state index in [-0.39, 0.29) is 17.5 Å². The average Bonchev–Trinajstić information content (AvgIpc) is 2.17. The molecule has 40 valence electrons. The van der Waals surface area contributed by atoms with Gasteiger partial charge in [0.15, 0.2) is 6.10 Å². The van der Waals surface area contributed by atoms with E-state index < -0.39 is 0 Å². The maximum atomic E-state index is 10.1. The van der Waals surface area contributed by atoms with Crippen LogP contribution in [-0.2, 0) is 9.53 Å². The summed E-state index contributed by atoms with van der Waals surface area (Å²) in [4.78, 5) is 10.1. The molecule has 0 aromatic heterocycles. The molecule has 3 heteroatoms. The molecule has 1 aliphatic rings. The monoisotopic (exact) mass is 120 g/mol. The zero-order valence-electron chi connectivity index (χ0n) is 3.85. The number of ether oxygens (including phenoxy) is 1. The molecule has 2 atom stereocenters. The van der Waals surface area contributed by atoms with Gasteiger partial charge in [0.1, 0.15) is 0 Å². The summed E-state index contributed by atoms with van der Waals surface area (Å²) in [7, 11) is 0. The maximum absolute atomic E-state index is 10.1. The van der Waals surface area contributed by atoms with Crippen LogP contribution in [0.3, 0.4) is 0 Å². The van der Waals surface area contributed by atoms with Crippen molar-refractivity contribution in [1.29, 1.82) is 0 Å². The minimum Gasteiger partial charge on any atom is -0.360 e. The van der Waals surface area contributed by atoms with Crippen molar-refractivity contribution in [1.82, 2.24) is 0 Å². The van der Waals surface area contributed by atoms with Crippen molar-refractivity contribution < 1.29 is 9.53 Å². The zero-order chi connectivity index (χ0) is 5.44. The topological polar surface area (TPSA) is 29.6 Å². The minimum atomic E-state index is -0.382. The summed E-state index contributed by atoms with van der Waals surface area (Å²) < 4.78 is 4.70. The lowest BCUT2D eigenvalue weighted by Gasteiger charge is -1.71. The molecule has 1 heterocycles. The second-order valence-electron chi connectivity index (χ2n) is 1.57. The third kappa shape index (κ3) is 0.924. The zero-order valence-corrected chi connectivity index (χ0v) is 4.61. The smallest absolute Gasteiger partial charge is 0.253 e. The van der Waals surface area contributed by atoms with Crippen LogP contribution in [0.2, 0.25) is 0 Å². The highest BCUT2D eigenvalue weighted by Crippen LogP contribution is 2.22. The van der Waals surface area contributed by atoms with Gasteiger partial charge in [-0.25, -0.2) is 0 Å². The van der Waals surface area contributed by atoms with Crippen LogP contribution in [0.4, 0.5) is 0 Å².